The van der Waals surface area contributed by atoms with Crippen LogP contribution in [-0.2, 0) is 6.54 Å². The fourth-order valence-electron chi connectivity index (χ4n) is 2.39. The highest BCUT2D eigenvalue weighted by atomic mass is 32.1. The van der Waals surface area contributed by atoms with Gasteiger partial charge in [-0.1, -0.05) is 13.8 Å². The Morgan fingerprint density at radius 2 is 2.17 bits per heavy atom. The molecule has 1 aliphatic carbocycles. The van der Waals surface area contributed by atoms with E-state index in [0.717, 1.165) is 19.1 Å². The van der Waals surface area contributed by atoms with Gasteiger partial charge in [0.2, 0.25) is 0 Å². The SMILES string of the molecule is CC(C)NCCC(C)N(Cc1ccsc1)C1CC1. The molecule has 0 saturated heterocycles. The predicted molar refractivity (Wildman–Crippen MR) is 80.1 cm³/mol. The molecule has 1 atom stereocenters. The molecule has 2 nitrogen and oxygen atoms in total. The lowest BCUT2D eigenvalue weighted by Crippen LogP contribution is -2.37. The maximum atomic E-state index is 3.52. The van der Waals surface area contributed by atoms with Gasteiger partial charge >= 0.3 is 0 Å². The van der Waals surface area contributed by atoms with Gasteiger partial charge in [0.25, 0.3) is 0 Å². The first kappa shape index (κ1) is 14.0. The molecule has 3 heteroatoms. The Morgan fingerprint density at radius 3 is 2.72 bits per heavy atom. The smallest absolute Gasteiger partial charge is 0.0247 e. The van der Waals surface area contributed by atoms with Gasteiger partial charge < -0.3 is 5.32 Å². The first-order valence-electron chi connectivity index (χ1n) is 7.17. The van der Waals surface area contributed by atoms with Crippen molar-refractivity contribution in [1.82, 2.24) is 10.2 Å². The molecule has 0 aliphatic heterocycles. The van der Waals surface area contributed by atoms with Crippen molar-refractivity contribution >= 4 is 11.3 Å². The van der Waals surface area contributed by atoms with Crippen LogP contribution >= 0.6 is 11.3 Å². The summed E-state index contributed by atoms with van der Waals surface area (Å²) in [6.45, 7) is 9.08. The van der Waals surface area contributed by atoms with E-state index in [4.69, 9.17) is 0 Å². The summed E-state index contributed by atoms with van der Waals surface area (Å²) < 4.78 is 0. The maximum absolute atomic E-state index is 3.52. The zero-order valence-electron chi connectivity index (χ0n) is 11.9. The molecule has 0 bridgehead atoms. The van der Waals surface area contributed by atoms with Crippen LogP contribution in [0.3, 0.4) is 0 Å². The van der Waals surface area contributed by atoms with E-state index in [1.807, 2.05) is 11.3 Å². The van der Waals surface area contributed by atoms with Crippen LogP contribution in [-0.4, -0.2) is 29.6 Å². The molecule has 102 valence electrons. The monoisotopic (exact) mass is 266 g/mol. The van der Waals surface area contributed by atoms with Crippen LogP contribution in [0.15, 0.2) is 16.8 Å². The Bertz CT molecular complexity index is 330. The average molecular weight is 266 g/mol. The number of hydrogen-bond donors (Lipinski definition) is 1. The first-order chi connectivity index (χ1) is 8.66. The molecular formula is C15H26N2S. The van der Waals surface area contributed by atoms with E-state index in [9.17, 15) is 0 Å². The lowest BCUT2D eigenvalue weighted by molar-refractivity contribution is 0.179. The standard InChI is InChI=1S/C15H26N2S/c1-12(2)16-8-6-13(3)17(15-4-5-15)10-14-7-9-18-11-14/h7,9,11-13,15-16H,4-6,8,10H2,1-3H3. The molecule has 0 radical (unpaired) electrons. The highest BCUT2D eigenvalue weighted by Crippen LogP contribution is 2.31. The van der Waals surface area contributed by atoms with Gasteiger partial charge in [-0.2, -0.15) is 11.3 Å². The summed E-state index contributed by atoms with van der Waals surface area (Å²) in [4.78, 5) is 2.70. The lowest BCUT2D eigenvalue weighted by Gasteiger charge is -2.29. The van der Waals surface area contributed by atoms with Crippen LogP contribution in [0, 0.1) is 0 Å². The third-order valence-corrected chi connectivity index (χ3v) is 4.37. The van der Waals surface area contributed by atoms with Crippen molar-refractivity contribution in [2.75, 3.05) is 6.54 Å². The normalized spacial score (nSPS) is 17.6. The number of nitrogens with one attached hydrogen (secondary N) is 1. The molecule has 1 unspecified atom stereocenters. The topological polar surface area (TPSA) is 15.3 Å². The molecule has 1 aromatic rings. The average Bonchev–Trinajstić information content (AvgIpc) is 3.02. The summed E-state index contributed by atoms with van der Waals surface area (Å²) in [5.41, 5.74) is 1.48. The molecule has 0 amide bonds. The fraction of sp³-hybridized carbons (Fsp3) is 0.733. The van der Waals surface area contributed by atoms with Crippen LogP contribution in [0.1, 0.15) is 45.6 Å². The van der Waals surface area contributed by atoms with Crippen LogP contribution in [0.25, 0.3) is 0 Å². The van der Waals surface area contributed by atoms with Crippen molar-refractivity contribution in [3.63, 3.8) is 0 Å². The zero-order chi connectivity index (χ0) is 13.0. The summed E-state index contributed by atoms with van der Waals surface area (Å²) in [6.07, 6.45) is 4.04. The molecule has 1 N–H and O–H groups in total. The third-order valence-electron chi connectivity index (χ3n) is 3.64. The molecular weight excluding hydrogens is 240 g/mol. The van der Waals surface area contributed by atoms with E-state index >= 15 is 0 Å². The van der Waals surface area contributed by atoms with Crippen molar-refractivity contribution < 1.29 is 0 Å². The van der Waals surface area contributed by atoms with Gasteiger partial charge in [0.15, 0.2) is 0 Å². The summed E-state index contributed by atoms with van der Waals surface area (Å²) in [7, 11) is 0. The van der Waals surface area contributed by atoms with Crippen LogP contribution in [0.5, 0.6) is 0 Å². The predicted octanol–water partition coefficient (Wildman–Crippen LogP) is 3.49. The molecule has 18 heavy (non-hydrogen) atoms. The van der Waals surface area contributed by atoms with Gasteiger partial charge in [0, 0.05) is 24.7 Å². The zero-order valence-corrected chi connectivity index (χ0v) is 12.7. The lowest BCUT2D eigenvalue weighted by atomic mass is 10.1. The van der Waals surface area contributed by atoms with Crippen molar-refractivity contribution in [2.24, 2.45) is 0 Å². The van der Waals surface area contributed by atoms with Gasteiger partial charge in [-0.25, -0.2) is 0 Å². The Hall–Kier alpha value is -0.380. The van der Waals surface area contributed by atoms with Crippen molar-refractivity contribution in [2.45, 2.75) is 64.7 Å². The molecule has 1 saturated carbocycles. The Labute approximate surface area is 115 Å². The highest BCUT2D eigenvalue weighted by molar-refractivity contribution is 7.07. The number of nitrogens with zero attached hydrogens (tertiary/aromatic N) is 1. The minimum atomic E-state index is 0.600. The molecule has 1 aliphatic rings. The summed E-state index contributed by atoms with van der Waals surface area (Å²) in [5.74, 6) is 0. The minimum absolute atomic E-state index is 0.600. The molecule has 0 spiro atoms. The van der Waals surface area contributed by atoms with E-state index < -0.39 is 0 Å². The Morgan fingerprint density at radius 1 is 1.39 bits per heavy atom. The van der Waals surface area contributed by atoms with E-state index in [-0.39, 0.29) is 0 Å². The third kappa shape index (κ3) is 4.38. The van der Waals surface area contributed by atoms with Gasteiger partial charge in [0.05, 0.1) is 0 Å². The number of thiophene rings is 1. The van der Waals surface area contributed by atoms with Crippen molar-refractivity contribution in [3.8, 4) is 0 Å². The van der Waals surface area contributed by atoms with Gasteiger partial charge in [-0.15, -0.1) is 0 Å². The van der Waals surface area contributed by atoms with Crippen LogP contribution in [0.2, 0.25) is 0 Å². The van der Waals surface area contributed by atoms with Crippen molar-refractivity contribution in [1.29, 1.82) is 0 Å². The van der Waals surface area contributed by atoms with Gasteiger partial charge in [0.1, 0.15) is 0 Å². The van der Waals surface area contributed by atoms with Gasteiger partial charge in [-0.3, -0.25) is 4.90 Å². The second-order valence-corrected chi connectivity index (χ2v) is 6.56. The number of hydrogen-bond acceptors (Lipinski definition) is 3. The molecule has 1 aromatic heterocycles. The quantitative estimate of drug-likeness (QED) is 0.775. The summed E-state index contributed by atoms with van der Waals surface area (Å²) in [6, 6.07) is 4.39. The maximum Gasteiger partial charge on any atom is 0.0247 e. The van der Waals surface area contributed by atoms with Crippen molar-refractivity contribution in [3.05, 3.63) is 22.4 Å². The van der Waals surface area contributed by atoms with Crippen LogP contribution < -0.4 is 5.32 Å². The van der Waals surface area contributed by atoms with E-state index in [2.05, 4.69) is 47.8 Å². The fourth-order valence-corrected chi connectivity index (χ4v) is 3.05. The van der Waals surface area contributed by atoms with Crippen LogP contribution in [0.4, 0.5) is 0 Å². The first-order valence-corrected chi connectivity index (χ1v) is 8.11. The van der Waals surface area contributed by atoms with Gasteiger partial charge in [-0.05, 0) is 55.1 Å². The molecule has 1 heterocycles. The Balaban J connectivity index is 1.81. The second-order valence-electron chi connectivity index (χ2n) is 5.78. The second kappa shape index (κ2) is 6.69. The molecule has 2 rings (SSSR count). The Kier molecular flexibility index (Phi) is 5.22. The number of rotatable bonds is 8. The molecule has 1 fully saturated rings. The van der Waals surface area contributed by atoms with E-state index in [0.29, 0.717) is 12.1 Å². The van der Waals surface area contributed by atoms with E-state index in [1.54, 1.807) is 0 Å². The highest BCUT2D eigenvalue weighted by Gasteiger charge is 2.31. The largest absolute Gasteiger partial charge is 0.314 e. The van der Waals surface area contributed by atoms with E-state index in [1.165, 1.54) is 24.8 Å². The summed E-state index contributed by atoms with van der Waals surface area (Å²) >= 11 is 1.81. The summed E-state index contributed by atoms with van der Waals surface area (Å²) in [5, 5.41) is 8.00. The minimum Gasteiger partial charge on any atom is -0.314 e. The molecule has 0 aromatic carbocycles.